The first-order chi connectivity index (χ1) is 9.32. The lowest BCUT2D eigenvalue weighted by atomic mass is 10.2. The summed E-state index contributed by atoms with van der Waals surface area (Å²) >= 11 is 5.89. The van der Waals surface area contributed by atoms with Gasteiger partial charge in [-0.25, -0.2) is 8.42 Å². The number of halogens is 1. The van der Waals surface area contributed by atoms with E-state index in [1.165, 1.54) is 18.0 Å². The van der Waals surface area contributed by atoms with Crippen LogP contribution in [0.4, 0.5) is 11.4 Å². The Balaban J connectivity index is 2.46. The lowest BCUT2D eigenvalue weighted by Gasteiger charge is -2.17. The summed E-state index contributed by atoms with van der Waals surface area (Å²) in [4.78, 5) is 11.9. The maximum absolute atomic E-state index is 11.9. The molecular weight excluding hydrogens is 302 g/mol. The van der Waals surface area contributed by atoms with Gasteiger partial charge in [0.2, 0.25) is 10.0 Å². The number of carbonyl (C=O) groups is 1. The SMILES string of the molecule is CCS(=O)(=O)Nc1cc(Cl)ccc1N1N=C(C)CC1=O. The van der Waals surface area contributed by atoms with Crippen LogP contribution in [0.1, 0.15) is 20.3 Å². The Kier molecular flexibility index (Phi) is 4.01. The molecule has 0 aliphatic carbocycles. The number of nitrogens with one attached hydrogen (secondary N) is 1. The van der Waals surface area contributed by atoms with Crippen molar-refractivity contribution in [3.63, 3.8) is 0 Å². The zero-order chi connectivity index (χ0) is 14.9. The van der Waals surface area contributed by atoms with Crippen LogP contribution in [0.25, 0.3) is 0 Å². The van der Waals surface area contributed by atoms with Crippen molar-refractivity contribution in [2.45, 2.75) is 20.3 Å². The molecular formula is C12H14ClN3O3S. The summed E-state index contributed by atoms with van der Waals surface area (Å²) in [6, 6.07) is 4.60. The molecule has 2 rings (SSSR count). The van der Waals surface area contributed by atoms with Gasteiger partial charge in [-0.05, 0) is 32.0 Å². The van der Waals surface area contributed by atoms with Gasteiger partial charge in [0.05, 0.1) is 23.5 Å². The highest BCUT2D eigenvalue weighted by Crippen LogP contribution is 2.32. The molecule has 0 radical (unpaired) electrons. The molecule has 0 saturated heterocycles. The standard InChI is InChI=1S/C12H14ClN3O3S/c1-3-20(18,19)15-10-7-9(13)4-5-11(10)16-12(17)6-8(2)14-16/h4-5,7,15H,3,6H2,1-2H3. The smallest absolute Gasteiger partial charge is 0.253 e. The van der Waals surface area contributed by atoms with Gasteiger partial charge in [0.15, 0.2) is 0 Å². The number of anilines is 2. The molecule has 0 unspecified atom stereocenters. The number of amides is 1. The van der Waals surface area contributed by atoms with Gasteiger partial charge in [0, 0.05) is 10.7 Å². The Morgan fingerprint density at radius 1 is 1.45 bits per heavy atom. The molecule has 1 aliphatic heterocycles. The van der Waals surface area contributed by atoms with Crippen LogP contribution < -0.4 is 9.73 Å². The van der Waals surface area contributed by atoms with Crippen LogP contribution >= 0.6 is 11.6 Å². The van der Waals surface area contributed by atoms with Crippen LogP contribution in [0.15, 0.2) is 23.3 Å². The Hall–Kier alpha value is -1.60. The molecule has 0 atom stereocenters. The van der Waals surface area contributed by atoms with E-state index in [-0.39, 0.29) is 23.8 Å². The monoisotopic (exact) mass is 315 g/mol. The summed E-state index contributed by atoms with van der Waals surface area (Å²) in [5, 5.41) is 5.67. The fraction of sp³-hybridized carbons (Fsp3) is 0.333. The lowest BCUT2D eigenvalue weighted by molar-refractivity contribution is -0.116. The number of rotatable bonds is 4. The number of sulfonamides is 1. The largest absolute Gasteiger partial charge is 0.281 e. The number of benzene rings is 1. The highest BCUT2D eigenvalue weighted by atomic mass is 35.5. The van der Waals surface area contributed by atoms with E-state index in [0.717, 1.165) is 0 Å². The van der Waals surface area contributed by atoms with Crippen molar-refractivity contribution in [3.05, 3.63) is 23.2 Å². The third kappa shape index (κ3) is 3.10. The molecule has 1 aromatic rings. The summed E-state index contributed by atoms with van der Waals surface area (Å²) in [5.41, 5.74) is 1.29. The summed E-state index contributed by atoms with van der Waals surface area (Å²) in [6.07, 6.45) is 0.225. The van der Waals surface area contributed by atoms with Crippen LogP contribution in [0.3, 0.4) is 0 Å². The summed E-state index contributed by atoms with van der Waals surface area (Å²) in [5.74, 6) is -0.281. The second kappa shape index (κ2) is 5.41. The van der Waals surface area contributed by atoms with Gasteiger partial charge in [-0.15, -0.1) is 0 Å². The molecule has 1 heterocycles. The van der Waals surface area contributed by atoms with Crippen LogP contribution in [0.5, 0.6) is 0 Å². The van der Waals surface area contributed by atoms with Gasteiger partial charge in [-0.2, -0.15) is 10.1 Å². The van der Waals surface area contributed by atoms with E-state index >= 15 is 0 Å². The fourth-order valence-corrected chi connectivity index (χ4v) is 2.57. The van der Waals surface area contributed by atoms with Gasteiger partial charge in [0.25, 0.3) is 5.91 Å². The van der Waals surface area contributed by atoms with Crippen molar-refractivity contribution < 1.29 is 13.2 Å². The number of carbonyl (C=O) groups excluding carboxylic acids is 1. The van der Waals surface area contributed by atoms with Gasteiger partial charge >= 0.3 is 0 Å². The molecule has 1 aliphatic rings. The van der Waals surface area contributed by atoms with E-state index in [1.54, 1.807) is 19.1 Å². The number of nitrogens with zero attached hydrogens (tertiary/aromatic N) is 2. The van der Waals surface area contributed by atoms with Crippen molar-refractivity contribution >= 4 is 44.6 Å². The van der Waals surface area contributed by atoms with Crippen molar-refractivity contribution in [1.29, 1.82) is 0 Å². The molecule has 0 fully saturated rings. The van der Waals surface area contributed by atoms with Crippen molar-refractivity contribution in [1.82, 2.24) is 0 Å². The van der Waals surface area contributed by atoms with E-state index in [9.17, 15) is 13.2 Å². The predicted octanol–water partition coefficient (Wildman–Crippen LogP) is 2.21. The molecule has 1 aromatic carbocycles. The quantitative estimate of drug-likeness (QED) is 0.925. The summed E-state index contributed by atoms with van der Waals surface area (Å²) < 4.78 is 25.8. The van der Waals surface area contributed by atoms with Crippen molar-refractivity contribution in [2.75, 3.05) is 15.5 Å². The molecule has 1 amide bonds. The molecule has 0 saturated carbocycles. The number of hydrazone groups is 1. The minimum atomic E-state index is -3.47. The van der Waals surface area contributed by atoms with Crippen LogP contribution in [0.2, 0.25) is 5.02 Å². The van der Waals surface area contributed by atoms with Crippen molar-refractivity contribution in [2.24, 2.45) is 5.10 Å². The Labute approximate surface area is 122 Å². The maximum atomic E-state index is 11.9. The third-order valence-corrected chi connectivity index (χ3v) is 4.27. The van der Waals surface area contributed by atoms with E-state index in [0.29, 0.717) is 16.4 Å². The van der Waals surface area contributed by atoms with Crippen LogP contribution in [0, 0.1) is 0 Å². The summed E-state index contributed by atoms with van der Waals surface area (Å²) in [7, 11) is -3.47. The average Bonchev–Trinajstić information content (AvgIpc) is 2.68. The van der Waals surface area contributed by atoms with Gasteiger partial charge in [-0.1, -0.05) is 11.6 Å². The molecule has 0 bridgehead atoms. The third-order valence-electron chi connectivity index (χ3n) is 2.75. The second-order valence-corrected chi connectivity index (χ2v) is 6.83. The molecule has 108 valence electrons. The van der Waals surface area contributed by atoms with Gasteiger partial charge < -0.3 is 0 Å². The maximum Gasteiger partial charge on any atom is 0.253 e. The lowest BCUT2D eigenvalue weighted by Crippen LogP contribution is -2.23. The normalized spacial score (nSPS) is 15.4. The highest BCUT2D eigenvalue weighted by Gasteiger charge is 2.26. The highest BCUT2D eigenvalue weighted by molar-refractivity contribution is 7.92. The molecule has 8 heteroatoms. The first-order valence-corrected chi connectivity index (χ1v) is 8.02. The van der Waals surface area contributed by atoms with Gasteiger partial charge in [-0.3, -0.25) is 9.52 Å². The molecule has 0 spiro atoms. The summed E-state index contributed by atoms with van der Waals surface area (Å²) in [6.45, 7) is 3.26. The average molecular weight is 316 g/mol. The predicted molar refractivity (Wildman–Crippen MR) is 79.7 cm³/mol. The molecule has 20 heavy (non-hydrogen) atoms. The van der Waals surface area contributed by atoms with Crippen LogP contribution in [-0.4, -0.2) is 25.8 Å². The van der Waals surface area contributed by atoms with E-state index < -0.39 is 10.0 Å². The topological polar surface area (TPSA) is 78.8 Å². The molecule has 1 N–H and O–H groups in total. The van der Waals surface area contributed by atoms with E-state index in [2.05, 4.69) is 9.82 Å². The fourth-order valence-electron chi connectivity index (χ4n) is 1.76. The zero-order valence-electron chi connectivity index (χ0n) is 11.1. The van der Waals surface area contributed by atoms with Gasteiger partial charge in [0.1, 0.15) is 0 Å². The first kappa shape index (κ1) is 14.8. The Morgan fingerprint density at radius 2 is 2.15 bits per heavy atom. The molecule has 0 aromatic heterocycles. The molecule has 6 nitrogen and oxygen atoms in total. The van der Waals surface area contributed by atoms with E-state index in [1.807, 2.05) is 0 Å². The first-order valence-electron chi connectivity index (χ1n) is 5.99. The second-order valence-electron chi connectivity index (χ2n) is 4.38. The van der Waals surface area contributed by atoms with Crippen LogP contribution in [-0.2, 0) is 14.8 Å². The number of hydrogen-bond acceptors (Lipinski definition) is 4. The van der Waals surface area contributed by atoms with Crippen molar-refractivity contribution in [3.8, 4) is 0 Å². The minimum Gasteiger partial charge on any atom is -0.281 e. The number of hydrogen-bond donors (Lipinski definition) is 1. The Morgan fingerprint density at radius 3 is 2.70 bits per heavy atom. The Bertz CT molecular complexity index is 685. The minimum absolute atomic E-state index is 0.0742. The van der Waals surface area contributed by atoms with E-state index in [4.69, 9.17) is 11.6 Å². The zero-order valence-corrected chi connectivity index (χ0v) is 12.6.